The van der Waals surface area contributed by atoms with Crippen LogP contribution in [0.1, 0.15) is 43.4 Å². The maximum Gasteiger partial charge on any atom is 0.179 e. The number of nitrogens with zero attached hydrogens (tertiary/aromatic N) is 1. The largest absolute Gasteiger partial charge is 0.293 e. The first-order chi connectivity index (χ1) is 12.0. The van der Waals surface area contributed by atoms with E-state index in [0.717, 1.165) is 31.4 Å². The average Bonchev–Trinajstić information content (AvgIpc) is 2.62. The average molecular weight is 358 g/mol. The molecule has 1 heterocycles. The fourth-order valence-electron chi connectivity index (χ4n) is 3.73. The van der Waals surface area contributed by atoms with E-state index in [1.54, 1.807) is 12.1 Å². The molecule has 1 saturated heterocycles. The number of piperidine rings is 1. The van der Waals surface area contributed by atoms with E-state index in [0.29, 0.717) is 4.90 Å². The van der Waals surface area contributed by atoms with Crippen LogP contribution in [-0.4, -0.2) is 31.7 Å². The second-order valence-corrected chi connectivity index (χ2v) is 9.10. The molecule has 0 aromatic heterocycles. The molecule has 3 rings (SSSR count). The molecule has 0 unspecified atom stereocenters. The van der Waals surface area contributed by atoms with E-state index >= 15 is 0 Å². The summed E-state index contributed by atoms with van der Waals surface area (Å²) in [6, 6.07) is 17.9. The first kappa shape index (κ1) is 18.2. The third-order valence-corrected chi connectivity index (χ3v) is 7.06. The van der Waals surface area contributed by atoms with Crippen LogP contribution in [-0.2, 0) is 9.84 Å². The van der Waals surface area contributed by atoms with Crippen molar-refractivity contribution in [3.63, 3.8) is 0 Å². The molecule has 4 heteroatoms. The smallest absolute Gasteiger partial charge is 0.179 e. The number of aryl methyl sites for hydroxylation is 1. The lowest BCUT2D eigenvalue weighted by atomic mass is 9.98. The molecular weight excluding hydrogens is 330 g/mol. The summed E-state index contributed by atoms with van der Waals surface area (Å²) in [5.74, 6) is 0.202. The number of hydrogen-bond donors (Lipinski definition) is 0. The van der Waals surface area contributed by atoms with Crippen molar-refractivity contribution >= 4 is 9.84 Å². The minimum Gasteiger partial charge on any atom is -0.293 e. The monoisotopic (exact) mass is 357 g/mol. The predicted molar refractivity (Wildman–Crippen MR) is 102 cm³/mol. The lowest BCUT2D eigenvalue weighted by Gasteiger charge is -2.40. The Bertz CT molecular complexity index is 784. The second kappa shape index (κ2) is 7.71. The Hall–Kier alpha value is -1.65. The molecule has 1 aliphatic rings. The summed E-state index contributed by atoms with van der Waals surface area (Å²) in [5.41, 5.74) is 2.33. The third-order valence-electron chi connectivity index (χ3n) is 5.24. The van der Waals surface area contributed by atoms with E-state index in [1.807, 2.05) is 37.3 Å². The standard InChI is InChI=1S/C21H27NO2S/c1-17-11-13-21(14-12-17)25(23,24)16-20-10-6-7-15-22(20)18(2)19-8-4-3-5-9-19/h3-5,8-9,11-14,18,20H,6-7,10,15-16H2,1-2H3/t18-,20-/m1/s1. The number of likely N-dealkylation sites (tertiary alicyclic amines) is 1. The molecule has 0 radical (unpaired) electrons. The van der Waals surface area contributed by atoms with Crippen molar-refractivity contribution in [3.8, 4) is 0 Å². The quantitative estimate of drug-likeness (QED) is 0.797. The summed E-state index contributed by atoms with van der Waals surface area (Å²) in [6.45, 7) is 5.12. The van der Waals surface area contributed by atoms with Crippen LogP contribution in [0.4, 0.5) is 0 Å². The molecule has 25 heavy (non-hydrogen) atoms. The van der Waals surface area contributed by atoms with Gasteiger partial charge in [-0.2, -0.15) is 0 Å². The molecule has 0 saturated carbocycles. The Morgan fingerprint density at radius 1 is 1.04 bits per heavy atom. The van der Waals surface area contributed by atoms with Gasteiger partial charge in [0.2, 0.25) is 0 Å². The van der Waals surface area contributed by atoms with Crippen LogP contribution in [0.15, 0.2) is 59.5 Å². The maximum absolute atomic E-state index is 12.9. The summed E-state index contributed by atoms with van der Waals surface area (Å²) in [7, 11) is -3.27. The zero-order valence-corrected chi connectivity index (χ0v) is 15.9. The van der Waals surface area contributed by atoms with Crippen LogP contribution in [0.2, 0.25) is 0 Å². The molecule has 134 valence electrons. The molecule has 2 aromatic carbocycles. The highest BCUT2D eigenvalue weighted by molar-refractivity contribution is 7.91. The Kier molecular flexibility index (Phi) is 5.60. The Balaban J connectivity index is 1.80. The van der Waals surface area contributed by atoms with Gasteiger partial charge in [0.1, 0.15) is 0 Å². The van der Waals surface area contributed by atoms with Gasteiger partial charge in [-0.05, 0) is 50.9 Å². The SMILES string of the molecule is Cc1ccc(S(=O)(=O)C[C@H]2CCCCN2[C@H](C)c2ccccc2)cc1. The number of hydrogen-bond acceptors (Lipinski definition) is 3. The van der Waals surface area contributed by atoms with Crippen molar-refractivity contribution in [2.24, 2.45) is 0 Å². The van der Waals surface area contributed by atoms with Crippen molar-refractivity contribution in [2.75, 3.05) is 12.3 Å². The van der Waals surface area contributed by atoms with Crippen LogP contribution in [0, 0.1) is 6.92 Å². The molecule has 3 nitrogen and oxygen atoms in total. The first-order valence-corrected chi connectivity index (χ1v) is 10.7. The molecule has 0 bridgehead atoms. The molecule has 0 amide bonds. The molecule has 1 aliphatic heterocycles. The third kappa shape index (κ3) is 4.31. The molecular formula is C21H27NO2S. The highest BCUT2D eigenvalue weighted by atomic mass is 32.2. The number of benzene rings is 2. The fourth-order valence-corrected chi connectivity index (χ4v) is 5.34. The normalized spacial score (nSPS) is 20.3. The molecule has 0 spiro atoms. The van der Waals surface area contributed by atoms with Gasteiger partial charge in [-0.1, -0.05) is 54.4 Å². The molecule has 2 aromatic rings. The second-order valence-electron chi connectivity index (χ2n) is 7.07. The van der Waals surface area contributed by atoms with Crippen LogP contribution in [0.3, 0.4) is 0 Å². The highest BCUT2D eigenvalue weighted by Crippen LogP contribution is 2.30. The summed E-state index contributed by atoms with van der Waals surface area (Å²) in [5, 5.41) is 0. The van der Waals surface area contributed by atoms with Crippen molar-refractivity contribution in [2.45, 2.75) is 50.1 Å². The summed E-state index contributed by atoms with van der Waals surface area (Å²) >= 11 is 0. The fraction of sp³-hybridized carbons (Fsp3) is 0.429. The summed E-state index contributed by atoms with van der Waals surface area (Å²) in [6.07, 6.45) is 3.19. The topological polar surface area (TPSA) is 37.4 Å². The van der Waals surface area contributed by atoms with Gasteiger partial charge in [0.25, 0.3) is 0 Å². The van der Waals surface area contributed by atoms with Crippen LogP contribution < -0.4 is 0 Å². The molecule has 1 fully saturated rings. The van der Waals surface area contributed by atoms with Crippen molar-refractivity contribution < 1.29 is 8.42 Å². The zero-order valence-electron chi connectivity index (χ0n) is 15.1. The first-order valence-electron chi connectivity index (χ1n) is 9.07. The van der Waals surface area contributed by atoms with Crippen LogP contribution >= 0.6 is 0 Å². The van der Waals surface area contributed by atoms with E-state index in [2.05, 4.69) is 24.0 Å². The van der Waals surface area contributed by atoms with Gasteiger partial charge < -0.3 is 0 Å². The van der Waals surface area contributed by atoms with Gasteiger partial charge in [-0.3, -0.25) is 4.90 Å². The maximum atomic E-state index is 12.9. The minimum atomic E-state index is -3.27. The summed E-state index contributed by atoms with van der Waals surface area (Å²) < 4.78 is 25.8. The van der Waals surface area contributed by atoms with Crippen LogP contribution in [0.25, 0.3) is 0 Å². The molecule has 2 atom stereocenters. The van der Waals surface area contributed by atoms with Gasteiger partial charge in [0.05, 0.1) is 10.6 Å². The van der Waals surface area contributed by atoms with Gasteiger partial charge >= 0.3 is 0 Å². The lowest BCUT2D eigenvalue weighted by molar-refractivity contribution is 0.116. The summed E-state index contributed by atoms with van der Waals surface area (Å²) in [4.78, 5) is 2.82. The Labute approximate surface area is 151 Å². The van der Waals surface area contributed by atoms with Crippen molar-refractivity contribution in [3.05, 3.63) is 65.7 Å². The number of sulfone groups is 1. The van der Waals surface area contributed by atoms with Crippen LogP contribution in [0.5, 0.6) is 0 Å². The zero-order chi connectivity index (χ0) is 17.9. The van der Waals surface area contributed by atoms with Crippen molar-refractivity contribution in [1.29, 1.82) is 0 Å². The molecule has 0 N–H and O–H groups in total. The minimum absolute atomic E-state index is 0.0789. The van der Waals surface area contributed by atoms with Crippen molar-refractivity contribution in [1.82, 2.24) is 4.90 Å². The Morgan fingerprint density at radius 3 is 2.40 bits per heavy atom. The predicted octanol–water partition coefficient (Wildman–Crippen LogP) is 4.38. The van der Waals surface area contributed by atoms with Gasteiger partial charge in [-0.15, -0.1) is 0 Å². The van der Waals surface area contributed by atoms with E-state index in [9.17, 15) is 8.42 Å². The lowest BCUT2D eigenvalue weighted by Crippen LogP contribution is -2.44. The van der Waals surface area contributed by atoms with Gasteiger partial charge in [0.15, 0.2) is 9.84 Å². The Morgan fingerprint density at radius 2 is 1.72 bits per heavy atom. The van der Waals surface area contributed by atoms with E-state index in [4.69, 9.17) is 0 Å². The van der Waals surface area contributed by atoms with E-state index in [1.165, 1.54) is 5.56 Å². The highest BCUT2D eigenvalue weighted by Gasteiger charge is 2.31. The van der Waals surface area contributed by atoms with E-state index in [-0.39, 0.29) is 17.8 Å². The molecule has 0 aliphatic carbocycles. The van der Waals surface area contributed by atoms with E-state index < -0.39 is 9.84 Å². The number of rotatable bonds is 5. The van der Waals surface area contributed by atoms with Gasteiger partial charge in [0, 0.05) is 12.1 Å². The van der Waals surface area contributed by atoms with Gasteiger partial charge in [-0.25, -0.2) is 8.42 Å².